The lowest BCUT2D eigenvalue weighted by molar-refractivity contribution is 0.793. The standard InChI is InChI=1S/C16H13ClN6OS2/c1-9-7-13(24)23-15(18-9)26-12(21-23)8-25-16-20-19-14(22(16)2)10-3-5-11(17)6-4-10/h3-7H,8H2,1-2H3. The predicted octanol–water partition coefficient (Wildman–Crippen LogP) is 3.20. The molecule has 132 valence electrons. The van der Waals surface area contributed by atoms with Gasteiger partial charge in [-0.05, 0) is 31.2 Å². The van der Waals surface area contributed by atoms with Gasteiger partial charge in [-0.2, -0.15) is 9.61 Å². The van der Waals surface area contributed by atoms with Crippen LogP contribution in [0.3, 0.4) is 0 Å². The molecule has 0 aliphatic carbocycles. The summed E-state index contributed by atoms with van der Waals surface area (Å²) in [5.41, 5.74) is 1.48. The average molecular weight is 405 g/mol. The van der Waals surface area contributed by atoms with Crippen molar-refractivity contribution in [3.63, 3.8) is 0 Å². The second kappa shape index (κ2) is 6.82. The van der Waals surface area contributed by atoms with Crippen LogP contribution in [0.15, 0.2) is 40.3 Å². The molecule has 0 saturated carbocycles. The molecule has 0 spiro atoms. The molecule has 0 aliphatic rings. The molecule has 0 fully saturated rings. The molecule has 4 rings (SSSR count). The zero-order valence-corrected chi connectivity index (χ0v) is 16.3. The van der Waals surface area contributed by atoms with E-state index in [1.807, 2.05) is 35.9 Å². The number of thioether (sulfide) groups is 1. The number of rotatable bonds is 4. The molecule has 4 aromatic rings. The van der Waals surface area contributed by atoms with Gasteiger partial charge in [0, 0.05) is 29.4 Å². The lowest BCUT2D eigenvalue weighted by atomic mass is 10.2. The van der Waals surface area contributed by atoms with E-state index in [0.717, 1.165) is 21.6 Å². The molecule has 10 heteroatoms. The molecule has 0 N–H and O–H groups in total. The van der Waals surface area contributed by atoms with E-state index in [4.69, 9.17) is 11.6 Å². The van der Waals surface area contributed by atoms with Crippen LogP contribution >= 0.6 is 34.7 Å². The molecule has 0 radical (unpaired) electrons. The van der Waals surface area contributed by atoms with Gasteiger partial charge in [-0.25, -0.2) is 4.98 Å². The van der Waals surface area contributed by atoms with E-state index >= 15 is 0 Å². The number of aryl methyl sites for hydroxylation is 1. The van der Waals surface area contributed by atoms with Crippen LogP contribution in [0.2, 0.25) is 5.02 Å². The maximum absolute atomic E-state index is 11.9. The van der Waals surface area contributed by atoms with Crippen LogP contribution in [-0.2, 0) is 12.8 Å². The van der Waals surface area contributed by atoms with Crippen LogP contribution in [-0.4, -0.2) is 29.4 Å². The topological polar surface area (TPSA) is 78.0 Å². The molecule has 26 heavy (non-hydrogen) atoms. The Labute approximate surface area is 161 Å². The van der Waals surface area contributed by atoms with E-state index < -0.39 is 0 Å². The largest absolute Gasteiger partial charge is 0.305 e. The van der Waals surface area contributed by atoms with Gasteiger partial charge in [0.05, 0.1) is 5.75 Å². The van der Waals surface area contributed by atoms with E-state index in [1.54, 1.807) is 6.92 Å². The predicted molar refractivity (Wildman–Crippen MR) is 103 cm³/mol. The lowest BCUT2D eigenvalue weighted by Gasteiger charge is -2.03. The van der Waals surface area contributed by atoms with Gasteiger partial charge in [-0.3, -0.25) is 4.79 Å². The Morgan fingerprint density at radius 2 is 2.00 bits per heavy atom. The van der Waals surface area contributed by atoms with Crippen LogP contribution in [0.1, 0.15) is 10.7 Å². The summed E-state index contributed by atoms with van der Waals surface area (Å²) in [6, 6.07) is 8.95. The van der Waals surface area contributed by atoms with Crippen molar-refractivity contribution in [1.82, 2.24) is 29.4 Å². The Morgan fingerprint density at radius 3 is 2.77 bits per heavy atom. The second-order valence-corrected chi connectivity index (χ2v) is 8.01. The summed E-state index contributed by atoms with van der Waals surface area (Å²) in [7, 11) is 1.92. The Balaban J connectivity index is 1.56. The number of benzene rings is 1. The highest BCUT2D eigenvalue weighted by Crippen LogP contribution is 2.27. The summed E-state index contributed by atoms with van der Waals surface area (Å²) >= 11 is 8.85. The van der Waals surface area contributed by atoms with Crippen LogP contribution in [0.5, 0.6) is 0 Å². The number of aromatic nitrogens is 6. The van der Waals surface area contributed by atoms with Gasteiger partial charge < -0.3 is 4.57 Å². The first kappa shape index (κ1) is 17.2. The van der Waals surface area contributed by atoms with Crippen LogP contribution in [0, 0.1) is 6.92 Å². The molecule has 0 aliphatic heterocycles. The normalized spacial score (nSPS) is 11.3. The summed E-state index contributed by atoms with van der Waals surface area (Å²) in [4.78, 5) is 16.9. The van der Waals surface area contributed by atoms with Crippen LogP contribution in [0.4, 0.5) is 0 Å². The zero-order valence-electron chi connectivity index (χ0n) is 13.9. The summed E-state index contributed by atoms with van der Waals surface area (Å²) in [6.45, 7) is 1.80. The molecule has 1 aromatic carbocycles. The highest BCUT2D eigenvalue weighted by atomic mass is 35.5. The number of hydrogen-bond acceptors (Lipinski definition) is 7. The van der Waals surface area contributed by atoms with Gasteiger partial charge in [0.2, 0.25) is 4.96 Å². The quantitative estimate of drug-likeness (QED) is 0.486. The average Bonchev–Trinajstić information content (AvgIpc) is 3.17. The van der Waals surface area contributed by atoms with Crippen molar-refractivity contribution in [2.45, 2.75) is 17.8 Å². The van der Waals surface area contributed by atoms with E-state index in [9.17, 15) is 4.79 Å². The Bertz CT molecular complexity index is 1150. The van der Waals surface area contributed by atoms with Crippen molar-refractivity contribution in [2.75, 3.05) is 0 Å². The van der Waals surface area contributed by atoms with Gasteiger partial charge in [0.1, 0.15) is 5.01 Å². The van der Waals surface area contributed by atoms with Crippen molar-refractivity contribution >= 4 is 39.7 Å². The van der Waals surface area contributed by atoms with Crippen molar-refractivity contribution in [3.05, 3.63) is 56.4 Å². The molecule has 0 saturated heterocycles. The highest BCUT2D eigenvalue weighted by Gasteiger charge is 2.13. The lowest BCUT2D eigenvalue weighted by Crippen LogP contribution is -2.14. The number of halogens is 1. The molecular weight excluding hydrogens is 392 g/mol. The van der Waals surface area contributed by atoms with Gasteiger partial charge >= 0.3 is 0 Å². The summed E-state index contributed by atoms with van der Waals surface area (Å²) in [6.07, 6.45) is 0. The van der Waals surface area contributed by atoms with Crippen LogP contribution < -0.4 is 5.56 Å². The molecule has 0 atom stereocenters. The fourth-order valence-electron chi connectivity index (χ4n) is 2.44. The minimum absolute atomic E-state index is 0.163. The Morgan fingerprint density at radius 1 is 1.23 bits per heavy atom. The second-order valence-electron chi connectivity index (χ2n) is 5.59. The first-order valence-electron chi connectivity index (χ1n) is 7.66. The highest BCUT2D eigenvalue weighted by molar-refractivity contribution is 7.98. The molecule has 3 aromatic heterocycles. The third-order valence-electron chi connectivity index (χ3n) is 3.68. The van der Waals surface area contributed by atoms with Crippen molar-refractivity contribution in [3.8, 4) is 11.4 Å². The number of fused-ring (bicyclic) bond motifs is 1. The molecule has 0 amide bonds. The van der Waals surface area contributed by atoms with Crippen molar-refractivity contribution in [1.29, 1.82) is 0 Å². The fraction of sp³-hybridized carbons (Fsp3) is 0.188. The maximum Gasteiger partial charge on any atom is 0.275 e. The van der Waals surface area contributed by atoms with Gasteiger partial charge in [0.15, 0.2) is 11.0 Å². The van der Waals surface area contributed by atoms with Gasteiger partial charge in [-0.15, -0.1) is 10.2 Å². The molecule has 3 heterocycles. The van der Waals surface area contributed by atoms with Crippen molar-refractivity contribution in [2.24, 2.45) is 7.05 Å². The van der Waals surface area contributed by atoms with Gasteiger partial charge in [0.25, 0.3) is 5.56 Å². The van der Waals surface area contributed by atoms with E-state index in [1.165, 1.54) is 33.7 Å². The number of hydrogen-bond donors (Lipinski definition) is 0. The SMILES string of the molecule is Cc1cc(=O)n2nc(CSc3nnc(-c4ccc(Cl)cc4)n3C)sc2n1. The third kappa shape index (κ3) is 3.25. The molecule has 7 nitrogen and oxygen atoms in total. The molecule has 0 bridgehead atoms. The number of nitrogens with zero attached hydrogens (tertiary/aromatic N) is 6. The van der Waals surface area contributed by atoms with Gasteiger partial charge in [-0.1, -0.05) is 34.7 Å². The third-order valence-corrected chi connectivity index (χ3v) is 6.05. The Kier molecular flexibility index (Phi) is 4.51. The minimum Gasteiger partial charge on any atom is -0.305 e. The monoisotopic (exact) mass is 404 g/mol. The summed E-state index contributed by atoms with van der Waals surface area (Å²) < 4.78 is 3.26. The van der Waals surface area contributed by atoms with E-state index in [-0.39, 0.29) is 5.56 Å². The van der Waals surface area contributed by atoms with Crippen molar-refractivity contribution < 1.29 is 0 Å². The summed E-state index contributed by atoms with van der Waals surface area (Å²) in [5, 5.41) is 15.1. The molecule has 0 unspecified atom stereocenters. The fourth-order valence-corrected chi connectivity index (χ4v) is 4.40. The summed E-state index contributed by atoms with van der Waals surface area (Å²) in [5.74, 6) is 1.35. The first-order chi connectivity index (χ1) is 12.5. The Hall–Kier alpha value is -2.23. The minimum atomic E-state index is -0.163. The first-order valence-corrected chi connectivity index (χ1v) is 9.84. The maximum atomic E-state index is 11.9. The van der Waals surface area contributed by atoms with E-state index in [2.05, 4.69) is 20.3 Å². The van der Waals surface area contributed by atoms with Crippen LogP contribution in [0.25, 0.3) is 16.3 Å². The molecular formula is C16H13ClN6OS2. The zero-order chi connectivity index (χ0) is 18.3. The van der Waals surface area contributed by atoms with E-state index in [0.29, 0.717) is 21.4 Å². The smallest absolute Gasteiger partial charge is 0.275 e.